The molecule has 2 saturated heterocycles. The van der Waals surface area contributed by atoms with Gasteiger partial charge in [-0.1, -0.05) is 0 Å². The van der Waals surface area contributed by atoms with Crippen LogP contribution in [0.4, 0.5) is 0 Å². The number of piperazine rings is 1. The van der Waals surface area contributed by atoms with Gasteiger partial charge in [0.15, 0.2) is 9.84 Å². The first-order valence-electron chi connectivity index (χ1n) is 7.93. The molecule has 1 saturated carbocycles. The Morgan fingerprint density at radius 3 is 2.73 bits per heavy atom. The zero-order valence-corrected chi connectivity index (χ0v) is 13.5. The number of rotatable bonds is 3. The van der Waals surface area contributed by atoms with E-state index < -0.39 is 9.84 Å². The van der Waals surface area contributed by atoms with Crippen molar-refractivity contribution in [3.63, 3.8) is 0 Å². The quantitative estimate of drug-likeness (QED) is 0.706. The Morgan fingerprint density at radius 1 is 1.27 bits per heavy atom. The van der Waals surface area contributed by atoms with Crippen molar-refractivity contribution >= 4 is 21.7 Å². The highest BCUT2D eigenvalue weighted by Crippen LogP contribution is 2.37. The molecule has 2 heterocycles. The number of amides is 2. The van der Waals surface area contributed by atoms with E-state index >= 15 is 0 Å². The summed E-state index contributed by atoms with van der Waals surface area (Å²) in [4.78, 5) is 27.6. The Kier molecular flexibility index (Phi) is 4.40. The molecule has 1 unspecified atom stereocenters. The van der Waals surface area contributed by atoms with Gasteiger partial charge in [0, 0.05) is 25.7 Å². The summed E-state index contributed by atoms with van der Waals surface area (Å²) in [5, 5.41) is 2.74. The lowest BCUT2D eigenvalue weighted by atomic mass is 10.1. The largest absolute Gasteiger partial charge is 0.354 e. The topological polar surface area (TPSA) is 86.8 Å². The second kappa shape index (κ2) is 6.16. The van der Waals surface area contributed by atoms with Crippen molar-refractivity contribution in [3.05, 3.63) is 0 Å². The first kappa shape index (κ1) is 15.7. The third kappa shape index (κ3) is 3.78. The van der Waals surface area contributed by atoms with E-state index in [-0.39, 0.29) is 42.5 Å². The predicted octanol–water partition coefficient (Wildman–Crippen LogP) is -1.16. The lowest BCUT2D eigenvalue weighted by molar-refractivity contribution is -0.136. The molecule has 0 bridgehead atoms. The number of carbonyl (C=O) groups excluding carboxylic acids is 2. The van der Waals surface area contributed by atoms with Gasteiger partial charge in [-0.3, -0.25) is 14.5 Å². The second-order valence-electron chi connectivity index (χ2n) is 6.52. The number of nitrogens with zero attached hydrogens (tertiary/aromatic N) is 2. The van der Waals surface area contributed by atoms with Crippen LogP contribution in [0, 0.1) is 5.92 Å². The third-order valence-corrected chi connectivity index (χ3v) is 6.40. The molecule has 2 amide bonds. The van der Waals surface area contributed by atoms with Gasteiger partial charge >= 0.3 is 0 Å². The molecule has 0 aromatic rings. The highest BCUT2D eigenvalue weighted by molar-refractivity contribution is 7.91. The van der Waals surface area contributed by atoms with Crippen molar-refractivity contribution in [3.8, 4) is 0 Å². The summed E-state index contributed by atoms with van der Waals surface area (Å²) >= 11 is 0. The summed E-state index contributed by atoms with van der Waals surface area (Å²) in [7, 11) is -3.05. The van der Waals surface area contributed by atoms with Crippen LogP contribution in [0.15, 0.2) is 0 Å². The molecule has 0 aromatic carbocycles. The lowest BCUT2D eigenvalue weighted by Crippen LogP contribution is -2.53. The number of sulfone groups is 1. The van der Waals surface area contributed by atoms with Crippen LogP contribution in [-0.4, -0.2) is 80.3 Å². The molecule has 0 aromatic heterocycles. The van der Waals surface area contributed by atoms with E-state index in [9.17, 15) is 18.0 Å². The smallest absolute Gasteiger partial charge is 0.237 e. The number of nitrogens with one attached hydrogen (secondary N) is 1. The summed E-state index contributed by atoms with van der Waals surface area (Å²) in [5.41, 5.74) is 0. The van der Waals surface area contributed by atoms with Crippen molar-refractivity contribution in [2.45, 2.75) is 25.3 Å². The maximum absolute atomic E-state index is 12.6. The fourth-order valence-electron chi connectivity index (χ4n) is 3.34. The molecule has 2 aliphatic heterocycles. The molecule has 0 spiro atoms. The Bertz CT molecular complexity index is 558. The zero-order valence-electron chi connectivity index (χ0n) is 12.7. The SMILES string of the molecule is O=C1CN(CC(=O)N2CCCS(=O)(=O)CC2C2CC2)CCN1. The molecule has 1 atom stereocenters. The summed E-state index contributed by atoms with van der Waals surface area (Å²) in [5.74, 6) is 0.511. The fourth-order valence-corrected chi connectivity index (χ4v) is 5.05. The molecule has 22 heavy (non-hydrogen) atoms. The predicted molar refractivity (Wildman–Crippen MR) is 80.9 cm³/mol. The maximum Gasteiger partial charge on any atom is 0.237 e. The average molecular weight is 329 g/mol. The van der Waals surface area contributed by atoms with Gasteiger partial charge in [0.1, 0.15) is 0 Å². The Morgan fingerprint density at radius 2 is 2.05 bits per heavy atom. The van der Waals surface area contributed by atoms with E-state index in [1.165, 1.54) is 0 Å². The molecule has 8 heteroatoms. The van der Waals surface area contributed by atoms with Crippen molar-refractivity contribution in [1.29, 1.82) is 0 Å². The summed E-state index contributed by atoms with van der Waals surface area (Å²) in [6, 6.07) is -0.168. The van der Waals surface area contributed by atoms with Crippen LogP contribution in [0.25, 0.3) is 0 Å². The molecular formula is C14H23N3O4S. The van der Waals surface area contributed by atoms with E-state index in [4.69, 9.17) is 0 Å². The van der Waals surface area contributed by atoms with Crippen molar-refractivity contribution in [1.82, 2.24) is 15.1 Å². The van der Waals surface area contributed by atoms with E-state index in [0.29, 0.717) is 32.0 Å². The van der Waals surface area contributed by atoms with Crippen LogP contribution in [-0.2, 0) is 19.4 Å². The minimum Gasteiger partial charge on any atom is -0.354 e. The molecule has 1 aliphatic carbocycles. The van der Waals surface area contributed by atoms with Gasteiger partial charge in [-0.05, 0) is 25.2 Å². The molecule has 3 aliphatic rings. The average Bonchev–Trinajstić information content (AvgIpc) is 3.25. The molecule has 3 rings (SSSR count). The number of hydrogen-bond acceptors (Lipinski definition) is 5. The van der Waals surface area contributed by atoms with Gasteiger partial charge < -0.3 is 10.2 Å². The van der Waals surface area contributed by atoms with Crippen LogP contribution in [0.3, 0.4) is 0 Å². The summed E-state index contributed by atoms with van der Waals surface area (Å²) < 4.78 is 24.0. The minimum atomic E-state index is -3.05. The van der Waals surface area contributed by atoms with Crippen LogP contribution in [0.5, 0.6) is 0 Å². The van der Waals surface area contributed by atoms with Gasteiger partial charge in [0.2, 0.25) is 11.8 Å². The first-order valence-corrected chi connectivity index (χ1v) is 9.76. The zero-order chi connectivity index (χ0) is 15.7. The monoisotopic (exact) mass is 329 g/mol. The third-order valence-electron chi connectivity index (χ3n) is 4.64. The van der Waals surface area contributed by atoms with Crippen LogP contribution >= 0.6 is 0 Å². The minimum absolute atomic E-state index is 0.0382. The van der Waals surface area contributed by atoms with Gasteiger partial charge in [-0.25, -0.2) is 8.42 Å². The van der Waals surface area contributed by atoms with Crippen molar-refractivity contribution in [2.75, 3.05) is 44.2 Å². The Labute approximate surface area is 130 Å². The molecular weight excluding hydrogens is 306 g/mol. The van der Waals surface area contributed by atoms with Gasteiger partial charge in [-0.15, -0.1) is 0 Å². The van der Waals surface area contributed by atoms with E-state index in [0.717, 1.165) is 12.8 Å². The van der Waals surface area contributed by atoms with Crippen molar-refractivity contribution < 1.29 is 18.0 Å². The van der Waals surface area contributed by atoms with E-state index in [1.807, 2.05) is 4.90 Å². The lowest BCUT2D eigenvalue weighted by Gasteiger charge is -2.33. The highest BCUT2D eigenvalue weighted by atomic mass is 32.2. The Balaban J connectivity index is 1.67. The van der Waals surface area contributed by atoms with Crippen molar-refractivity contribution in [2.24, 2.45) is 5.92 Å². The molecule has 1 N–H and O–H groups in total. The second-order valence-corrected chi connectivity index (χ2v) is 8.75. The van der Waals surface area contributed by atoms with Gasteiger partial charge in [-0.2, -0.15) is 0 Å². The van der Waals surface area contributed by atoms with Crippen LogP contribution in [0.2, 0.25) is 0 Å². The van der Waals surface area contributed by atoms with Crippen LogP contribution in [0.1, 0.15) is 19.3 Å². The Hall–Kier alpha value is -1.15. The van der Waals surface area contributed by atoms with Gasteiger partial charge in [0.25, 0.3) is 0 Å². The molecule has 0 radical (unpaired) electrons. The highest BCUT2D eigenvalue weighted by Gasteiger charge is 2.41. The van der Waals surface area contributed by atoms with E-state index in [2.05, 4.69) is 5.32 Å². The number of hydrogen-bond donors (Lipinski definition) is 1. The fraction of sp³-hybridized carbons (Fsp3) is 0.857. The summed E-state index contributed by atoms with van der Waals surface area (Å²) in [6.45, 7) is 2.19. The molecule has 3 fully saturated rings. The van der Waals surface area contributed by atoms with Gasteiger partial charge in [0.05, 0.1) is 24.6 Å². The standard InChI is InChI=1S/C14H23N3O4S/c18-13-8-16(6-4-15-13)9-14(19)17-5-1-7-22(20,21)10-12(17)11-2-3-11/h11-12H,1-10H2,(H,15,18). The maximum atomic E-state index is 12.6. The molecule has 7 nitrogen and oxygen atoms in total. The molecule has 124 valence electrons. The summed E-state index contributed by atoms with van der Waals surface area (Å²) in [6.07, 6.45) is 2.53. The van der Waals surface area contributed by atoms with E-state index in [1.54, 1.807) is 4.90 Å². The normalized spacial score (nSPS) is 29.7. The van der Waals surface area contributed by atoms with Crippen LogP contribution < -0.4 is 5.32 Å². The first-order chi connectivity index (χ1) is 10.4. The number of carbonyl (C=O) groups is 2.